The van der Waals surface area contributed by atoms with Crippen LogP contribution in [-0.2, 0) is 28.8 Å². The summed E-state index contributed by atoms with van der Waals surface area (Å²) in [4.78, 5) is 16.8. The fourth-order valence-corrected chi connectivity index (χ4v) is 8.91. The smallest absolute Gasteiger partial charge is 0.367 e. The number of imidazole rings is 1. The summed E-state index contributed by atoms with van der Waals surface area (Å²) in [5.74, 6) is 0.602. The van der Waals surface area contributed by atoms with E-state index in [1.54, 1.807) is 6.08 Å². The van der Waals surface area contributed by atoms with Crippen LogP contribution in [0.5, 0.6) is 0 Å². The average Bonchev–Trinajstić information content (AvgIpc) is 3.55. The van der Waals surface area contributed by atoms with Crippen molar-refractivity contribution < 1.29 is 26.9 Å². The lowest BCUT2D eigenvalue weighted by Crippen LogP contribution is -2.58. The fraction of sp³-hybridized carbons (Fsp3) is 0.760. The summed E-state index contributed by atoms with van der Waals surface area (Å²) in [5, 5.41) is -0.906. The SMILES string of the molecule is CCC1CCC2C1C(OC(=O)/C=C/C1CCCCC1)C1(P)CC(OS(=O)(=O)n3ccnc3)C2(C)O1. The molecule has 1 aromatic rings. The summed E-state index contributed by atoms with van der Waals surface area (Å²) in [5.41, 5.74) is -0.801. The molecule has 0 spiro atoms. The Morgan fingerprint density at radius 2 is 2.03 bits per heavy atom. The molecule has 5 rings (SSSR count). The van der Waals surface area contributed by atoms with E-state index >= 15 is 0 Å². The van der Waals surface area contributed by atoms with E-state index in [2.05, 4.69) is 21.1 Å². The third-order valence-electron chi connectivity index (χ3n) is 8.88. The number of aromatic nitrogens is 2. The van der Waals surface area contributed by atoms with Gasteiger partial charge in [0, 0.05) is 30.8 Å². The molecule has 2 saturated heterocycles. The van der Waals surface area contributed by atoms with Gasteiger partial charge >= 0.3 is 16.3 Å². The van der Waals surface area contributed by atoms with E-state index in [1.165, 1.54) is 38.0 Å². The summed E-state index contributed by atoms with van der Waals surface area (Å²) in [7, 11) is -1.31. The van der Waals surface area contributed by atoms with Crippen molar-refractivity contribution in [2.45, 2.75) is 94.8 Å². The minimum atomic E-state index is -4.07. The van der Waals surface area contributed by atoms with E-state index < -0.39 is 33.5 Å². The minimum Gasteiger partial charge on any atom is -0.455 e. The van der Waals surface area contributed by atoms with Crippen LogP contribution in [0.25, 0.3) is 0 Å². The maximum Gasteiger partial charge on any atom is 0.367 e. The Morgan fingerprint density at radius 3 is 2.71 bits per heavy atom. The number of carbonyl (C=O) groups is 1. The van der Waals surface area contributed by atoms with Crippen LogP contribution >= 0.6 is 9.24 Å². The van der Waals surface area contributed by atoms with Crippen LogP contribution in [0.3, 0.4) is 0 Å². The molecule has 10 heteroatoms. The Balaban J connectivity index is 1.40. The lowest BCUT2D eigenvalue weighted by molar-refractivity contribution is -0.221. The van der Waals surface area contributed by atoms with Crippen molar-refractivity contribution in [2.75, 3.05) is 0 Å². The highest BCUT2D eigenvalue weighted by molar-refractivity contribution is 7.85. The van der Waals surface area contributed by atoms with Gasteiger partial charge in [0.05, 0.1) is 5.60 Å². The van der Waals surface area contributed by atoms with E-state index in [1.807, 2.05) is 13.0 Å². The molecule has 2 bridgehead atoms. The van der Waals surface area contributed by atoms with Crippen LogP contribution in [0.15, 0.2) is 30.9 Å². The van der Waals surface area contributed by atoms with Gasteiger partial charge in [0.2, 0.25) is 0 Å². The van der Waals surface area contributed by atoms with E-state index in [0.717, 1.165) is 36.1 Å². The molecule has 194 valence electrons. The Labute approximate surface area is 210 Å². The highest BCUT2D eigenvalue weighted by atomic mass is 32.2. The largest absolute Gasteiger partial charge is 0.455 e. The first-order chi connectivity index (χ1) is 16.7. The predicted molar refractivity (Wildman–Crippen MR) is 134 cm³/mol. The third-order valence-corrected chi connectivity index (χ3v) is 10.8. The van der Waals surface area contributed by atoms with Gasteiger partial charge in [-0.15, -0.1) is 0 Å². The van der Waals surface area contributed by atoms with Gasteiger partial charge < -0.3 is 9.47 Å². The minimum absolute atomic E-state index is 0.0340. The summed E-state index contributed by atoms with van der Waals surface area (Å²) < 4.78 is 45.4. The second kappa shape index (κ2) is 9.55. The van der Waals surface area contributed by atoms with Crippen molar-refractivity contribution in [3.05, 3.63) is 30.9 Å². The number of esters is 1. The topological polar surface area (TPSA) is 96.7 Å². The van der Waals surface area contributed by atoms with Gasteiger partial charge in [0.15, 0.2) is 0 Å². The van der Waals surface area contributed by atoms with Crippen molar-refractivity contribution in [3.63, 3.8) is 0 Å². The van der Waals surface area contributed by atoms with Crippen molar-refractivity contribution in [2.24, 2.45) is 23.7 Å². The maximum absolute atomic E-state index is 13.0. The highest BCUT2D eigenvalue weighted by Crippen LogP contribution is 2.63. The van der Waals surface area contributed by atoms with Crippen LogP contribution in [-0.4, -0.2) is 46.5 Å². The molecule has 2 saturated carbocycles. The third kappa shape index (κ3) is 4.62. The first-order valence-corrected chi connectivity index (χ1v) is 14.9. The molecule has 0 amide bonds. The standard InChI is InChI=1S/C25H37N2O6PS/c1-3-18-10-11-19-22(18)23(31-21(28)12-9-17-7-5-4-6-8-17)25(34)15-20(24(19,2)33-25)32-35(29,30)27-14-13-26-16-27/h9,12-14,16-20,22-23H,3-8,10-11,15,34H2,1-2H3/b12-9+. The lowest BCUT2D eigenvalue weighted by atomic mass is 9.73. The maximum atomic E-state index is 13.0. The predicted octanol–water partition coefficient (Wildman–Crippen LogP) is 4.23. The summed E-state index contributed by atoms with van der Waals surface area (Å²) >= 11 is 0. The second-order valence-corrected chi connectivity index (χ2v) is 13.4. The summed E-state index contributed by atoms with van der Waals surface area (Å²) in [6, 6.07) is 0. The average molecular weight is 525 g/mol. The summed E-state index contributed by atoms with van der Waals surface area (Å²) in [6.45, 7) is 4.13. The molecule has 0 radical (unpaired) electrons. The first kappa shape index (κ1) is 25.4. The van der Waals surface area contributed by atoms with Gasteiger partial charge in [-0.2, -0.15) is 8.42 Å². The van der Waals surface area contributed by atoms with Crippen LogP contribution < -0.4 is 0 Å². The number of hydrogen-bond acceptors (Lipinski definition) is 7. The van der Waals surface area contributed by atoms with Crippen LogP contribution in [0.2, 0.25) is 0 Å². The Bertz CT molecular complexity index is 1060. The Kier molecular flexibility index (Phi) is 6.92. The summed E-state index contributed by atoms with van der Waals surface area (Å²) in [6.07, 6.45) is 15.5. The van der Waals surface area contributed by atoms with Crippen LogP contribution in [0.1, 0.15) is 71.6 Å². The molecular weight excluding hydrogens is 487 g/mol. The van der Waals surface area contributed by atoms with E-state index in [0.29, 0.717) is 18.3 Å². The van der Waals surface area contributed by atoms with Gasteiger partial charge in [0.1, 0.15) is 23.9 Å². The van der Waals surface area contributed by atoms with E-state index in [-0.39, 0.29) is 17.8 Å². The van der Waals surface area contributed by atoms with E-state index in [9.17, 15) is 13.2 Å². The fourth-order valence-electron chi connectivity index (χ4n) is 7.12. The molecule has 4 aliphatic rings. The first-order valence-electron chi connectivity index (χ1n) is 13.0. The number of hydrogen-bond donors (Lipinski definition) is 0. The number of rotatable bonds is 7. The van der Waals surface area contributed by atoms with Crippen molar-refractivity contribution in [3.8, 4) is 0 Å². The number of ether oxygens (including phenoxy) is 2. The number of fused-ring (bicyclic) bond motifs is 4. The molecule has 0 N–H and O–H groups in total. The van der Waals surface area contributed by atoms with Crippen molar-refractivity contribution in [1.82, 2.24) is 8.96 Å². The van der Waals surface area contributed by atoms with Gasteiger partial charge in [0.25, 0.3) is 0 Å². The zero-order valence-electron chi connectivity index (χ0n) is 20.5. The van der Waals surface area contributed by atoms with Crippen LogP contribution in [0, 0.1) is 23.7 Å². The molecule has 4 fully saturated rings. The lowest BCUT2D eigenvalue weighted by Gasteiger charge is -2.50. The molecule has 8 nitrogen and oxygen atoms in total. The monoisotopic (exact) mass is 524 g/mol. The molecule has 1 aromatic heterocycles. The highest BCUT2D eigenvalue weighted by Gasteiger charge is 2.70. The quantitative estimate of drug-likeness (QED) is 0.299. The van der Waals surface area contributed by atoms with E-state index in [4.69, 9.17) is 13.7 Å². The second-order valence-electron chi connectivity index (χ2n) is 10.9. The molecule has 8 atom stereocenters. The zero-order valence-corrected chi connectivity index (χ0v) is 22.5. The van der Waals surface area contributed by atoms with Gasteiger partial charge in [-0.1, -0.05) is 47.9 Å². The molecule has 8 unspecified atom stereocenters. The van der Waals surface area contributed by atoms with Crippen LogP contribution in [0.4, 0.5) is 0 Å². The molecular formula is C25H37N2O6PS. The molecule has 2 aliphatic heterocycles. The Hall–Kier alpha value is -1.28. The molecule has 0 aromatic carbocycles. The van der Waals surface area contributed by atoms with Crippen molar-refractivity contribution in [1.29, 1.82) is 0 Å². The van der Waals surface area contributed by atoms with Gasteiger partial charge in [-0.3, -0.25) is 0 Å². The zero-order chi connectivity index (χ0) is 24.8. The van der Waals surface area contributed by atoms with Gasteiger partial charge in [-0.25, -0.2) is 17.9 Å². The molecule has 35 heavy (non-hydrogen) atoms. The molecule has 3 heterocycles. The van der Waals surface area contributed by atoms with Crippen molar-refractivity contribution >= 4 is 25.5 Å². The Morgan fingerprint density at radius 1 is 1.26 bits per heavy atom. The normalized spacial score (nSPS) is 39.7. The number of carbonyl (C=O) groups excluding carboxylic acids is 1. The molecule has 2 aliphatic carbocycles. The number of allylic oxidation sites excluding steroid dienone is 1. The number of nitrogens with zero attached hydrogens (tertiary/aromatic N) is 2. The van der Waals surface area contributed by atoms with Gasteiger partial charge in [-0.05, 0) is 50.4 Å².